The molecule has 17 N–H and O–H groups in total. The highest BCUT2D eigenvalue weighted by Gasteiger charge is 2.51. The van der Waals surface area contributed by atoms with Gasteiger partial charge in [0.2, 0.25) is 41.4 Å². The van der Waals surface area contributed by atoms with Gasteiger partial charge in [-0.1, -0.05) is 50.0 Å². The van der Waals surface area contributed by atoms with E-state index >= 15 is 0 Å². The number of aromatic nitrogens is 1. The molecule has 3 aromatic carbocycles. The molecule has 4 heterocycles. The van der Waals surface area contributed by atoms with Crippen LogP contribution in [0.1, 0.15) is 81.3 Å². The van der Waals surface area contributed by atoms with Gasteiger partial charge in [0.25, 0.3) is 5.91 Å². The average molecular weight is 1190 g/mol. The van der Waals surface area contributed by atoms with E-state index in [0.717, 1.165) is 44.4 Å². The third kappa shape index (κ3) is 15.3. The van der Waals surface area contributed by atoms with E-state index in [0.29, 0.717) is 44.7 Å². The molecule has 29 heteroatoms. The Hall–Kier alpha value is -8.29. The van der Waals surface area contributed by atoms with Crippen molar-refractivity contribution in [2.24, 2.45) is 11.7 Å². The highest BCUT2D eigenvalue weighted by molar-refractivity contribution is 6.00. The van der Waals surface area contributed by atoms with Crippen LogP contribution in [-0.4, -0.2) is 212 Å². The Morgan fingerprint density at radius 1 is 0.753 bits per heavy atom. The van der Waals surface area contributed by atoms with Crippen LogP contribution < -0.4 is 37.1 Å². The molecule has 3 aliphatic rings. The minimum absolute atomic E-state index is 0.0815. The van der Waals surface area contributed by atoms with Crippen molar-refractivity contribution in [3.63, 3.8) is 0 Å². The molecule has 85 heavy (non-hydrogen) atoms. The average Bonchev–Trinajstić information content (AvgIpc) is 2.47. The Kier molecular flexibility index (Phi) is 21.2. The van der Waals surface area contributed by atoms with Gasteiger partial charge in [-0.05, 0) is 67.4 Å². The number of phenols is 2. The number of aliphatic hydroxyl groups is 8. The number of benzene rings is 3. The van der Waals surface area contributed by atoms with Crippen LogP contribution >= 0.6 is 0 Å². The van der Waals surface area contributed by atoms with Gasteiger partial charge in [0, 0.05) is 54.6 Å². The summed E-state index contributed by atoms with van der Waals surface area (Å²) in [5, 5.41) is 126. The maximum Gasteiger partial charge on any atom is 0.251 e. The molecule has 0 aliphatic carbocycles. The first-order chi connectivity index (χ1) is 40.3. The van der Waals surface area contributed by atoms with E-state index in [4.69, 9.17) is 15.0 Å². The van der Waals surface area contributed by atoms with Crippen molar-refractivity contribution in [3.8, 4) is 39.8 Å². The van der Waals surface area contributed by atoms with E-state index in [1.165, 1.54) is 31.2 Å². The molecule has 3 fully saturated rings. The van der Waals surface area contributed by atoms with E-state index in [-0.39, 0.29) is 11.1 Å². The molecule has 3 aliphatic heterocycles. The van der Waals surface area contributed by atoms with Gasteiger partial charge < -0.3 is 102 Å². The number of unbranched alkanes of at least 4 members (excludes halogenated alkanes) is 2. The van der Waals surface area contributed by atoms with Crippen LogP contribution in [0.4, 0.5) is 0 Å². The van der Waals surface area contributed by atoms with Crippen LogP contribution in [-0.2, 0) is 33.6 Å². The van der Waals surface area contributed by atoms with E-state index in [2.05, 4.69) is 33.3 Å². The molecule has 15 atom stereocenters. The summed E-state index contributed by atoms with van der Waals surface area (Å²) in [5.41, 5.74) is 6.48. The van der Waals surface area contributed by atoms with E-state index < -0.39 is 182 Å². The Balaban J connectivity index is 1.21. The minimum atomic E-state index is -2.51. The maximum absolute atomic E-state index is 14.6. The fourth-order valence-corrected chi connectivity index (χ4v) is 10.2. The number of phenolic OH excluding ortho intramolecular Hbond substituents is 2. The van der Waals surface area contributed by atoms with Crippen molar-refractivity contribution in [1.82, 2.24) is 41.5 Å². The first kappa shape index (κ1) is 64.3. The second-order valence-corrected chi connectivity index (χ2v) is 21.4. The standard InChI is InChI=1S/C56H71N9O20/c1-4-5-6-17-84-32-14-11-28(12-15-32)40-21-33(63-85-40)27-7-9-29(10-8-27)49(76)58-34-20-39(71)52(79)62-54(81)45-46(73)25(2)23-65(45)56(83)43(38(70)22-41(57)72)60-53(80)44(48(75)47(74)30-13-16-36(68)37(69)18-30)61-51(78)35-19-31(67)24-64(35)55(82)42(26(3)66)59-50(34)77/h7-16,18,21,25-26,31,34-35,38-39,42-48,52,66-71,73-75,79H,4-6,17,19-20,22-24H2,1-3H3,(H2,57,72)(H,58,76)(H,59,77)(H,60,80)(H,61,78)(H,62,81)/t25-,26+,31+,34-,35-,38+,39+,42-,43-,44-,45-,46-,47-,48-,52-/m0/s1. The number of aromatic hydroxyl groups is 2. The summed E-state index contributed by atoms with van der Waals surface area (Å²) in [6, 6.07) is 4.67. The number of hydrogen-bond donors (Lipinski definition) is 16. The lowest BCUT2D eigenvalue weighted by atomic mass is 9.96. The Bertz CT molecular complexity index is 3050. The zero-order chi connectivity index (χ0) is 62.1. The van der Waals surface area contributed by atoms with Crippen molar-refractivity contribution >= 4 is 47.3 Å². The molecule has 8 amide bonds. The third-order valence-electron chi connectivity index (χ3n) is 15.0. The van der Waals surface area contributed by atoms with Crippen LogP contribution in [0.25, 0.3) is 22.6 Å². The van der Waals surface area contributed by atoms with Crippen molar-refractivity contribution < 1.29 is 98.7 Å². The zero-order valence-electron chi connectivity index (χ0n) is 46.4. The molecule has 460 valence electrons. The summed E-state index contributed by atoms with van der Waals surface area (Å²) in [5.74, 6) is -11.8. The van der Waals surface area contributed by atoms with E-state index in [1.807, 2.05) is 17.4 Å². The Morgan fingerprint density at radius 3 is 2.05 bits per heavy atom. The monoisotopic (exact) mass is 1190 g/mol. The van der Waals surface area contributed by atoms with Gasteiger partial charge in [-0.15, -0.1) is 0 Å². The summed E-state index contributed by atoms with van der Waals surface area (Å²) in [4.78, 5) is 114. The van der Waals surface area contributed by atoms with E-state index in [9.17, 15) is 89.4 Å². The molecule has 0 saturated carbocycles. The lowest BCUT2D eigenvalue weighted by Gasteiger charge is -2.34. The highest BCUT2D eigenvalue weighted by Crippen LogP contribution is 2.32. The van der Waals surface area contributed by atoms with Gasteiger partial charge in [0.05, 0.1) is 37.4 Å². The quantitative estimate of drug-likeness (QED) is 0.0384. The van der Waals surface area contributed by atoms with Gasteiger partial charge in [-0.25, -0.2) is 0 Å². The number of hydrogen-bond acceptors (Lipinski definition) is 21. The first-order valence-electron chi connectivity index (χ1n) is 27.5. The van der Waals surface area contributed by atoms with Crippen molar-refractivity contribution in [2.45, 2.75) is 145 Å². The van der Waals surface area contributed by atoms with Gasteiger partial charge >= 0.3 is 0 Å². The Labute approximate surface area is 485 Å². The van der Waals surface area contributed by atoms with Crippen molar-refractivity contribution in [3.05, 3.63) is 83.9 Å². The SMILES string of the molecule is CCCCCOc1ccc(-c2cc(-c3ccc(C(=O)N[C@H]4C[C@@H](O)[C@H](O)NC(=O)[C@@H]5[C@@H](O)[C@@H](C)CN5C(=O)[C@H]([C@H](O)CC(N)=O)NC(=O)[C@H]([C@H](O)[C@@H](O)c5ccc(O)c(O)c5)NC(=O)[C@@H]5C[C@@H](O)CN5C(=O)[C@H]([C@@H](C)O)NC4=O)cc3)no2)cc1. The smallest absolute Gasteiger partial charge is 0.251 e. The molecule has 0 bridgehead atoms. The van der Waals surface area contributed by atoms with Crippen LogP contribution in [0.5, 0.6) is 17.2 Å². The number of nitrogens with two attached hydrogens (primary N) is 1. The summed E-state index contributed by atoms with van der Waals surface area (Å²) >= 11 is 0. The largest absolute Gasteiger partial charge is 0.504 e. The van der Waals surface area contributed by atoms with Crippen LogP contribution in [0.15, 0.2) is 77.3 Å². The van der Waals surface area contributed by atoms with E-state index in [1.54, 1.807) is 18.2 Å². The molecule has 3 saturated heterocycles. The fourth-order valence-electron chi connectivity index (χ4n) is 10.2. The molecule has 0 spiro atoms. The van der Waals surface area contributed by atoms with Crippen molar-refractivity contribution in [1.29, 1.82) is 0 Å². The topological polar surface area (TPSA) is 467 Å². The number of amides is 8. The molecular formula is C56H71N9O20. The molecule has 0 radical (unpaired) electrons. The number of carbonyl (C=O) groups excluding carboxylic acids is 8. The summed E-state index contributed by atoms with van der Waals surface area (Å²) in [6.07, 6.45) is -16.4. The molecule has 7 rings (SSSR count). The molecular weight excluding hydrogens is 1120 g/mol. The number of nitrogens with one attached hydrogen (secondary N) is 5. The number of fused-ring (bicyclic) bond motifs is 2. The predicted octanol–water partition coefficient (Wildman–Crippen LogP) is -3.38. The maximum atomic E-state index is 14.6. The zero-order valence-corrected chi connectivity index (χ0v) is 46.4. The molecule has 29 nitrogen and oxygen atoms in total. The predicted molar refractivity (Wildman–Crippen MR) is 293 cm³/mol. The highest BCUT2D eigenvalue weighted by atomic mass is 16.5. The second kappa shape index (κ2) is 28.1. The molecule has 4 aromatic rings. The number of primary amides is 1. The summed E-state index contributed by atoms with van der Waals surface area (Å²) < 4.78 is 11.4. The number of rotatable bonds is 16. The second-order valence-electron chi connectivity index (χ2n) is 21.4. The summed E-state index contributed by atoms with van der Waals surface area (Å²) in [7, 11) is 0. The lowest BCUT2D eigenvalue weighted by Crippen LogP contribution is -2.64. The third-order valence-corrected chi connectivity index (χ3v) is 15.0. The minimum Gasteiger partial charge on any atom is -0.504 e. The summed E-state index contributed by atoms with van der Waals surface area (Å²) in [6.45, 7) is 3.93. The first-order valence-corrected chi connectivity index (χ1v) is 27.5. The number of aliphatic hydroxyl groups excluding tert-OH is 8. The van der Waals surface area contributed by atoms with Gasteiger partial charge in [0.1, 0.15) is 66.0 Å². The van der Waals surface area contributed by atoms with Crippen LogP contribution in [0.2, 0.25) is 0 Å². The van der Waals surface area contributed by atoms with Crippen LogP contribution in [0.3, 0.4) is 0 Å². The fraction of sp³-hybridized carbons (Fsp3) is 0.482. The van der Waals surface area contributed by atoms with Gasteiger partial charge in [-0.2, -0.15) is 0 Å². The van der Waals surface area contributed by atoms with Crippen molar-refractivity contribution in [2.75, 3.05) is 19.7 Å². The number of carbonyl (C=O) groups is 8. The van der Waals surface area contributed by atoms with Crippen LogP contribution in [0, 0.1) is 5.92 Å². The number of nitrogens with zero attached hydrogens (tertiary/aromatic N) is 3. The normalized spacial score (nSPS) is 27.0. The molecule has 0 unspecified atom stereocenters. The van der Waals surface area contributed by atoms with Gasteiger partial charge in [-0.3, -0.25) is 38.4 Å². The van der Waals surface area contributed by atoms with Gasteiger partial charge in [0.15, 0.2) is 23.5 Å². The number of ether oxygens (including phenoxy) is 1. The molecule has 1 aromatic heterocycles. The lowest BCUT2D eigenvalue weighted by molar-refractivity contribution is -0.149. The Morgan fingerprint density at radius 2 is 1.40 bits per heavy atom.